The Morgan fingerprint density at radius 3 is 2.43 bits per heavy atom. The maximum atomic E-state index is 12.3. The van der Waals surface area contributed by atoms with Gasteiger partial charge in [0.15, 0.2) is 6.61 Å². The van der Waals surface area contributed by atoms with Gasteiger partial charge >= 0.3 is 0 Å². The first kappa shape index (κ1) is 21.6. The first-order chi connectivity index (χ1) is 14.7. The standard InChI is InChI=1S/C23H29N3O4/c1-29-20-11-7-8-18(14-20)21(26-12-5-6-13-26)15-24-22(27)16-25-23(28)17-30-19-9-3-2-4-10-19/h2-4,7-11,14,21H,5-6,12-13,15-17H2,1H3,(H,24,27)(H,25,28). The van der Waals surface area contributed by atoms with Crippen molar-refractivity contribution in [3.8, 4) is 11.5 Å². The summed E-state index contributed by atoms with van der Waals surface area (Å²) in [5.41, 5.74) is 1.11. The molecule has 7 heteroatoms. The number of nitrogens with one attached hydrogen (secondary N) is 2. The van der Waals surface area contributed by atoms with E-state index in [1.165, 1.54) is 0 Å². The highest BCUT2D eigenvalue weighted by molar-refractivity contribution is 5.85. The molecule has 0 bridgehead atoms. The fourth-order valence-corrected chi connectivity index (χ4v) is 3.53. The number of carbonyl (C=O) groups is 2. The van der Waals surface area contributed by atoms with Crippen LogP contribution in [0.5, 0.6) is 11.5 Å². The quantitative estimate of drug-likeness (QED) is 0.626. The summed E-state index contributed by atoms with van der Waals surface area (Å²) < 4.78 is 10.7. The molecule has 0 spiro atoms. The van der Waals surface area contributed by atoms with Gasteiger partial charge in [0.1, 0.15) is 11.5 Å². The minimum atomic E-state index is -0.335. The maximum Gasteiger partial charge on any atom is 0.258 e. The topological polar surface area (TPSA) is 79.9 Å². The van der Waals surface area contributed by atoms with Crippen molar-refractivity contribution in [3.63, 3.8) is 0 Å². The van der Waals surface area contributed by atoms with E-state index in [1.54, 1.807) is 19.2 Å². The molecule has 30 heavy (non-hydrogen) atoms. The number of amides is 2. The molecule has 1 aliphatic rings. The van der Waals surface area contributed by atoms with Crippen molar-refractivity contribution in [2.45, 2.75) is 18.9 Å². The Morgan fingerprint density at radius 1 is 0.967 bits per heavy atom. The Kier molecular flexibility index (Phi) is 8.09. The van der Waals surface area contributed by atoms with Crippen molar-refractivity contribution < 1.29 is 19.1 Å². The molecule has 2 aromatic rings. The fraction of sp³-hybridized carbons (Fsp3) is 0.391. The van der Waals surface area contributed by atoms with E-state index in [0.717, 1.165) is 37.2 Å². The summed E-state index contributed by atoms with van der Waals surface area (Å²) in [6.07, 6.45) is 2.32. The number of likely N-dealkylation sites (tertiary alicyclic amines) is 1. The Labute approximate surface area is 177 Å². The van der Waals surface area contributed by atoms with E-state index in [9.17, 15) is 9.59 Å². The van der Waals surface area contributed by atoms with Crippen LogP contribution in [0.2, 0.25) is 0 Å². The lowest BCUT2D eigenvalue weighted by Gasteiger charge is -2.28. The highest BCUT2D eigenvalue weighted by atomic mass is 16.5. The molecule has 7 nitrogen and oxygen atoms in total. The fourth-order valence-electron chi connectivity index (χ4n) is 3.53. The summed E-state index contributed by atoms with van der Waals surface area (Å²) in [5.74, 6) is 0.852. The van der Waals surface area contributed by atoms with Crippen molar-refractivity contribution in [2.75, 3.05) is 39.9 Å². The highest BCUT2D eigenvalue weighted by Gasteiger charge is 2.24. The number of hydrogen-bond acceptors (Lipinski definition) is 5. The van der Waals surface area contributed by atoms with E-state index in [-0.39, 0.29) is 31.0 Å². The molecule has 1 aliphatic heterocycles. The minimum absolute atomic E-state index is 0.0728. The number of carbonyl (C=O) groups excluding carboxylic acids is 2. The number of methoxy groups -OCH3 is 1. The van der Waals surface area contributed by atoms with Gasteiger partial charge in [-0.2, -0.15) is 0 Å². The number of nitrogens with zero attached hydrogens (tertiary/aromatic N) is 1. The average Bonchev–Trinajstić information content (AvgIpc) is 3.32. The number of para-hydroxylation sites is 1. The first-order valence-electron chi connectivity index (χ1n) is 10.2. The molecule has 160 valence electrons. The van der Waals surface area contributed by atoms with Gasteiger partial charge in [0.05, 0.1) is 19.7 Å². The Morgan fingerprint density at radius 2 is 1.70 bits per heavy atom. The van der Waals surface area contributed by atoms with Gasteiger partial charge in [0.2, 0.25) is 5.91 Å². The summed E-state index contributed by atoms with van der Waals surface area (Å²) >= 11 is 0. The molecular weight excluding hydrogens is 382 g/mol. The Bertz CT molecular complexity index is 822. The van der Waals surface area contributed by atoms with Crippen LogP contribution < -0.4 is 20.1 Å². The van der Waals surface area contributed by atoms with Crippen LogP contribution in [0.1, 0.15) is 24.4 Å². The second-order valence-corrected chi connectivity index (χ2v) is 7.22. The van der Waals surface area contributed by atoms with Crippen molar-refractivity contribution in [2.24, 2.45) is 0 Å². The second-order valence-electron chi connectivity index (χ2n) is 7.22. The van der Waals surface area contributed by atoms with Crippen LogP contribution in [0.25, 0.3) is 0 Å². The third-order valence-electron chi connectivity index (χ3n) is 5.11. The molecule has 0 radical (unpaired) electrons. The van der Waals surface area contributed by atoms with E-state index >= 15 is 0 Å². The van der Waals surface area contributed by atoms with E-state index in [4.69, 9.17) is 9.47 Å². The SMILES string of the molecule is COc1cccc(C(CNC(=O)CNC(=O)COc2ccccc2)N2CCCC2)c1. The first-order valence-corrected chi connectivity index (χ1v) is 10.2. The largest absolute Gasteiger partial charge is 0.497 e. The van der Waals surface area contributed by atoms with E-state index in [0.29, 0.717) is 12.3 Å². The van der Waals surface area contributed by atoms with Gasteiger partial charge in [0.25, 0.3) is 5.91 Å². The summed E-state index contributed by atoms with van der Waals surface area (Å²) in [6, 6.07) is 17.1. The maximum absolute atomic E-state index is 12.3. The summed E-state index contributed by atoms with van der Waals surface area (Å²) in [7, 11) is 1.65. The zero-order valence-electron chi connectivity index (χ0n) is 17.3. The zero-order valence-corrected chi connectivity index (χ0v) is 17.3. The van der Waals surface area contributed by atoms with E-state index in [1.807, 2.05) is 36.4 Å². The van der Waals surface area contributed by atoms with Crippen molar-refractivity contribution >= 4 is 11.8 Å². The number of benzene rings is 2. The van der Waals surface area contributed by atoms with Crippen molar-refractivity contribution in [1.29, 1.82) is 0 Å². The average molecular weight is 412 g/mol. The van der Waals surface area contributed by atoms with Gasteiger partial charge in [-0.3, -0.25) is 14.5 Å². The van der Waals surface area contributed by atoms with Crippen LogP contribution in [-0.4, -0.2) is 56.6 Å². The summed E-state index contributed by atoms with van der Waals surface area (Å²) in [5, 5.41) is 5.54. The van der Waals surface area contributed by atoms with Crippen molar-refractivity contribution in [3.05, 3.63) is 60.2 Å². The molecule has 1 saturated heterocycles. The van der Waals surface area contributed by atoms with Gasteiger partial charge in [-0.25, -0.2) is 0 Å². The van der Waals surface area contributed by atoms with Gasteiger partial charge in [-0.15, -0.1) is 0 Å². The third kappa shape index (κ3) is 6.49. The van der Waals surface area contributed by atoms with Gasteiger partial charge in [0, 0.05) is 6.54 Å². The smallest absolute Gasteiger partial charge is 0.258 e. The predicted octanol–water partition coefficient (Wildman–Crippen LogP) is 2.14. The molecule has 0 aliphatic carbocycles. The third-order valence-corrected chi connectivity index (χ3v) is 5.11. The van der Waals surface area contributed by atoms with Crippen LogP contribution in [0, 0.1) is 0 Å². The molecule has 2 aromatic carbocycles. The molecule has 3 rings (SSSR count). The lowest BCUT2D eigenvalue weighted by Crippen LogP contribution is -2.42. The Hall–Kier alpha value is -3.06. The van der Waals surface area contributed by atoms with Crippen molar-refractivity contribution in [1.82, 2.24) is 15.5 Å². The van der Waals surface area contributed by atoms with Crippen LogP contribution in [0.15, 0.2) is 54.6 Å². The number of hydrogen-bond donors (Lipinski definition) is 2. The molecule has 0 saturated carbocycles. The molecule has 1 heterocycles. The molecule has 1 unspecified atom stereocenters. The summed E-state index contributed by atoms with van der Waals surface area (Å²) in [6.45, 7) is 2.28. The van der Waals surface area contributed by atoms with Crippen LogP contribution in [0.3, 0.4) is 0 Å². The molecule has 1 fully saturated rings. The number of ether oxygens (including phenoxy) is 2. The molecule has 2 amide bonds. The molecule has 0 aromatic heterocycles. The lowest BCUT2D eigenvalue weighted by molar-refractivity contribution is -0.127. The minimum Gasteiger partial charge on any atom is -0.497 e. The van der Waals surface area contributed by atoms with Gasteiger partial charge in [-0.05, 0) is 55.8 Å². The Balaban J connectivity index is 1.47. The van der Waals surface area contributed by atoms with Gasteiger partial charge in [-0.1, -0.05) is 30.3 Å². The lowest BCUT2D eigenvalue weighted by atomic mass is 10.0. The monoisotopic (exact) mass is 411 g/mol. The molecular formula is C23H29N3O4. The van der Waals surface area contributed by atoms with Gasteiger partial charge < -0.3 is 20.1 Å². The highest BCUT2D eigenvalue weighted by Crippen LogP contribution is 2.27. The van der Waals surface area contributed by atoms with Crippen LogP contribution in [-0.2, 0) is 9.59 Å². The number of rotatable bonds is 10. The van der Waals surface area contributed by atoms with Crippen LogP contribution in [0.4, 0.5) is 0 Å². The summed E-state index contributed by atoms with van der Waals surface area (Å²) in [4.78, 5) is 26.6. The molecule has 2 N–H and O–H groups in total. The predicted molar refractivity (Wildman–Crippen MR) is 114 cm³/mol. The second kappa shape index (κ2) is 11.2. The molecule has 1 atom stereocenters. The van der Waals surface area contributed by atoms with E-state index in [2.05, 4.69) is 21.6 Å². The van der Waals surface area contributed by atoms with E-state index < -0.39 is 0 Å². The zero-order chi connectivity index (χ0) is 21.2. The normalized spacial score (nSPS) is 14.7. The van der Waals surface area contributed by atoms with Crippen LogP contribution >= 0.6 is 0 Å².